The first-order valence-electron chi connectivity index (χ1n) is 13.4. The van der Waals surface area contributed by atoms with Crippen LogP contribution in [0.15, 0.2) is 90.6 Å². The Bertz CT molecular complexity index is 1480. The van der Waals surface area contributed by atoms with Crippen molar-refractivity contribution < 1.29 is 9.18 Å². The minimum Gasteiger partial charge on any atom is -0.334 e. The van der Waals surface area contributed by atoms with Crippen LogP contribution in [-0.4, -0.2) is 15.8 Å². The number of aromatic nitrogens is 2. The third kappa shape index (κ3) is 5.62. The standard InChI is InChI=1S/C32H30ClFN4O/c33-26-10-6-21(7-11-26)19-35-32(39)37-30(22-4-2-1-3-5-22)17-23-8-9-24-18-31-25(16-29(23)24)20-36-38(31)28-14-12-27(34)13-15-28/h1-7,10-15,18,20,23,29-30H,8-9,16-17,19H2,(H2,35,37,39). The fraction of sp³-hybridized carbons (Fsp3) is 0.250. The van der Waals surface area contributed by atoms with Crippen molar-refractivity contribution in [1.29, 1.82) is 0 Å². The number of benzene rings is 3. The van der Waals surface area contributed by atoms with Crippen molar-refractivity contribution in [1.82, 2.24) is 20.4 Å². The lowest BCUT2D eigenvalue weighted by Gasteiger charge is -2.28. The third-order valence-electron chi connectivity index (χ3n) is 7.98. The molecule has 6 rings (SSSR count). The molecule has 7 heteroatoms. The number of nitrogens with one attached hydrogen (secondary N) is 2. The van der Waals surface area contributed by atoms with Gasteiger partial charge < -0.3 is 10.6 Å². The molecule has 3 aromatic carbocycles. The molecule has 4 aromatic rings. The number of hydrogen-bond acceptors (Lipinski definition) is 2. The van der Waals surface area contributed by atoms with Crippen molar-refractivity contribution in [3.05, 3.63) is 124 Å². The topological polar surface area (TPSA) is 59.0 Å². The molecular formula is C32H30ClFN4O. The molecule has 2 aliphatic carbocycles. The van der Waals surface area contributed by atoms with Crippen LogP contribution in [0.5, 0.6) is 0 Å². The van der Waals surface area contributed by atoms with E-state index in [0.29, 0.717) is 23.4 Å². The second kappa shape index (κ2) is 11.1. The fourth-order valence-electron chi connectivity index (χ4n) is 5.96. The Balaban J connectivity index is 1.16. The number of allylic oxidation sites excluding steroid dienone is 1. The molecule has 2 amide bonds. The van der Waals surface area contributed by atoms with E-state index in [9.17, 15) is 9.18 Å². The molecule has 5 nitrogen and oxygen atoms in total. The van der Waals surface area contributed by atoms with E-state index in [1.165, 1.54) is 23.3 Å². The van der Waals surface area contributed by atoms with Crippen LogP contribution < -0.4 is 10.6 Å². The molecule has 0 aliphatic heterocycles. The quantitative estimate of drug-likeness (QED) is 0.259. The molecule has 1 aromatic heterocycles. The lowest BCUT2D eigenvalue weighted by molar-refractivity contribution is 0.232. The molecule has 0 bridgehead atoms. The lowest BCUT2D eigenvalue weighted by Crippen LogP contribution is -2.38. The van der Waals surface area contributed by atoms with Gasteiger partial charge in [-0.1, -0.05) is 59.6 Å². The molecule has 2 aliphatic rings. The van der Waals surface area contributed by atoms with Gasteiger partial charge in [-0.3, -0.25) is 0 Å². The highest BCUT2D eigenvalue weighted by molar-refractivity contribution is 6.30. The Hall–Kier alpha value is -3.90. The summed E-state index contributed by atoms with van der Waals surface area (Å²) in [6.07, 6.45) is 8.14. The SMILES string of the molecule is O=C(NCc1ccc(Cl)cc1)NC(CC1CCC2=Cc3c(cnn3-c3ccc(F)cc3)CC21)c1ccccc1. The summed E-state index contributed by atoms with van der Waals surface area (Å²) in [4.78, 5) is 13.0. The Morgan fingerprint density at radius 3 is 2.59 bits per heavy atom. The van der Waals surface area contributed by atoms with Gasteiger partial charge >= 0.3 is 6.03 Å². The zero-order valence-electron chi connectivity index (χ0n) is 21.5. The summed E-state index contributed by atoms with van der Waals surface area (Å²) in [7, 11) is 0. The molecular weight excluding hydrogens is 511 g/mol. The average molecular weight is 541 g/mol. The summed E-state index contributed by atoms with van der Waals surface area (Å²) < 4.78 is 15.4. The molecule has 0 spiro atoms. The molecule has 0 saturated heterocycles. The number of fused-ring (bicyclic) bond motifs is 2. The Morgan fingerprint density at radius 2 is 1.82 bits per heavy atom. The Labute approximate surface area is 232 Å². The second-order valence-corrected chi connectivity index (χ2v) is 10.9. The van der Waals surface area contributed by atoms with Crippen LogP contribution in [0.1, 0.15) is 47.7 Å². The van der Waals surface area contributed by atoms with Crippen molar-refractivity contribution in [3.8, 4) is 5.69 Å². The van der Waals surface area contributed by atoms with Crippen LogP contribution in [0.2, 0.25) is 5.02 Å². The van der Waals surface area contributed by atoms with E-state index in [-0.39, 0.29) is 17.9 Å². The van der Waals surface area contributed by atoms with Gasteiger partial charge in [-0.15, -0.1) is 0 Å². The van der Waals surface area contributed by atoms with Gasteiger partial charge in [-0.25, -0.2) is 13.9 Å². The predicted octanol–water partition coefficient (Wildman–Crippen LogP) is 7.26. The van der Waals surface area contributed by atoms with Crippen LogP contribution in [0.4, 0.5) is 9.18 Å². The van der Waals surface area contributed by atoms with Crippen LogP contribution in [-0.2, 0) is 13.0 Å². The zero-order chi connectivity index (χ0) is 26.8. The van der Waals surface area contributed by atoms with Gasteiger partial charge in [0.05, 0.1) is 23.6 Å². The second-order valence-electron chi connectivity index (χ2n) is 10.4. The predicted molar refractivity (Wildman–Crippen MR) is 152 cm³/mol. The van der Waals surface area contributed by atoms with Crippen LogP contribution >= 0.6 is 11.6 Å². The maximum atomic E-state index is 13.5. The highest BCUT2D eigenvalue weighted by Crippen LogP contribution is 2.46. The summed E-state index contributed by atoms with van der Waals surface area (Å²) in [5, 5.41) is 11.5. The van der Waals surface area contributed by atoms with E-state index in [4.69, 9.17) is 11.6 Å². The number of carbonyl (C=O) groups excluding carboxylic acids is 1. The summed E-state index contributed by atoms with van der Waals surface area (Å²) in [6, 6.07) is 23.9. The van der Waals surface area contributed by atoms with Gasteiger partial charge in [-0.2, -0.15) is 5.10 Å². The van der Waals surface area contributed by atoms with Gasteiger partial charge in [0.15, 0.2) is 0 Å². The molecule has 39 heavy (non-hydrogen) atoms. The number of carbonyl (C=O) groups is 1. The van der Waals surface area contributed by atoms with Crippen LogP contribution in [0.3, 0.4) is 0 Å². The largest absolute Gasteiger partial charge is 0.334 e. The molecule has 1 heterocycles. The summed E-state index contributed by atoms with van der Waals surface area (Å²) in [5.41, 5.74) is 6.71. The van der Waals surface area contributed by atoms with Gasteiger partial charge in [0.25, 0.3) is 0 Å². The number of amides is 2. The van der Waals surface area contributed by atoms with Crippen LogP contribution in [0, 0.1) is 17.7 Å². The normalized spacial score (nSPS) is 18.6. The zero-order valence-corrected chi connectivity index (χ0v) is 22.2. The van der Waals surface area contributed by atoms with E-state index < -0.39 is 0 Å². The maximum absolute atomic E-state index is 13.5. The number of hydrogen-bond donors (Lipinski definition) is 2. The van der Waals surface area contributed by atoms with E-state index >= 15 is 0 Å². The Kier molecular flexibility index (Phi) is 7.20. The minimum atomic E-state index is -0.253. The minimum absolute atomic E-state index is 0.0934. The first kappa shape index (κ1) is 25.4. The Morgan fingerprint density at radius 1 is 1.05 bits per heavy atom. The first-order valence-corrected chi connectivity index (χ1v) is 13.8. The van der Waals surface area contributed by atoms with Gasteiger partial charge in [0.1, 0.15) is 5.82 Å². The van der Waals surface area contributed by atoms with E-state index in [2.05, 4.69) is 33.9 Å². The molecule has 3 atom stereocenters. The fourth-order valence-corrected chi connectivity index (χ4v) is 6.09. The lowest BCUT2D eigenvalue weighted by atomic mass is 9.80. The van der Waals surface area contributed by atoms with E-state index in [1.807, 2.05) is 53.3 Å². The molecule has 1 fully saturated rings. The average Bonchev–Trinajstić information content (AvgIpc) is 3.55. The van der Waals surface area contributed by atoms with E-state index in [1.54, 1.807) is 12.1 Å². The molecule has 3 unspecified atom stereocenters. The molecule has 1 saturated carbocycles. The highest BCUT2D eigenvalue weighted by atomic mass is 35.5. The number of halogens is 2. The molecule has 198 valence electrons. The maximum Gasteiger partial charge on any atom is 0.315 e. The smallest absolute Gasteiger partial charge is 0.315 e. The van der Waals surface area contributed by atoms with Gasteiger partial charge in [0, 0.05) is 11.6 Å². The highest BCUT2D eigenvalue weighted by Gasteiger charge is 2.37. The third-order valence-corrected chi connectivity index (χ3v) is 8.23. The molecule has 0 radical (unpaired) electrons. The van der Waals surface area contributed by atoms with Crippen molar-refractivity contribution in [3.63, 3.8) is 0 Å². The summed E-state index contributed by atoms with van der Waals surface area (Å²) in [6.45, 7) is 0.435. The summed E-state index contributed by atoms with van der Waals surface area (Å²) in [5.74, 6) is 0.617. The first-order chi connectivity index (χ1) is 19.0. The van der Waals surface area contributed by atoms with Crippen molar-refractivity contribution in [2.24, 2.45) is 11.8 Å². The number of urea groups is 1. The number of nitrogens with zero attached hydrogens (tertiary/aromatic N) is 2. The van der Waals surface area contributed by atoms with Crippen LogP contribution in [0.25, 0.3) is 11.8 Å². The van der Waals surface area contributed by atoms with Crippen molar-refractivity contribution >= 4 is 23.7 Å². The molecule has 2 N–H and O–H groups in total. The van der Waals surface area contributed by atoms with E-state index in [0.717, 1.165) is 48.2 Å². The summed E-state index contributed by atoms with van der Waals surface area (Å²) >= 11 is 5.98. The van der Waals surface area contributed by atoms with Gasteiger partial charge in [0.2, 0.25) is 0 Å². The number of rotatable bonds is 7. The monoisotopic (exact) mass is 540 g/mol. The van der Waals surface area contributed by atoms with Gasteiger partial charge in [-0.05, 0) is 96.7 Å². The van der Waals surface area contributed by atoms with Crippen molar-refractivity contribution in [2.75, 3.05) is 0 Å². The van der Waals surface area contributed by atoms with Crippen molar-refractivity contribution in [2.45, 2.75) is 38.3 Å².